The number of rotatable bonds is 4. The molecule has 1 aliphatic heterocycles. The van der Waals surface area contributed by atoms with E-state index >= 15 is 0 Å². The first kappa shape index (κ1) is 15.8. The third kappa shape index (κ3) is 3.80. The summed E-state index contributed by atoms with van der Waals surface area (Å²) in [6.07, 6.45) is 2.41. The van der Waals surface area contributed by atoms with Gasteiger partial charge < -0.3 is 10.2 Å². The Morgan fingerprint density at radius 2 is 1.61 bits per heavy atom. The van der Waals surface area contributed by atoms with Gasteiger partial charge in [-0.15, -0.1) is 0 Å². The van der Waals surface area contributed by atoms with Crippen LogP contribution in [0.5, 0.6) is 0 Å². The zero-order chi connectivity index (χ0) is 16.2. The quantitative estimate of drug-likeness (QED) is 0.894. The van der Waals surface area contributed by atoms with Crippen LogP contribution in [0.15, 0.2) is 48.5 Å². The molecule has 1 fully saturated rings. The molecular weight excluding hydrogens is 284 g/mol. The Balaban J connectivity index is 1.85. The molecule has 2 N–H and O–H groups in total. The lowest BCUT2D eigenvalue weighted by atomic mass is 10.0. The van der Waals surface area contributed by atoms with Crippen molar-refractivity contribution in [2.45, 2.75) is 32.7 Å². The first-order valence-corrected chi connectivity index (χ1v) is 8.42. The average molecular weight is 309 g/mol. The van der Waals surface area contributed by atoms with Gasteiger partial charge in [-0.1, -0.05) is 36.4 Å². The normalized spacial score (nSPS) is 16.3. The Kier molecular flexibility index (Phi) is 4.77. The number of likely N-dealkylation sites (tertiary alicyclic amines) is 1. The zero-order valence-corrected chi connectivity index (χ0v) is 13.9. The molecule has 3 rings (SSSR count). The smallest absolute Gasteiger partial charge is 0.287 e. The van der Waals surface area contributed by atoms with Gasteiger partial charge in [-0.2, -0.15) is 0 Å². The summed E-state index contributed by atoms with van der Waals surface area (Å²) in [4.78, 5) is 14.4. The summed E-state index contributed by atoms with van der Waals surface area (Å²) in [5.74, 6) is 0.0955. The van der Waals surface area contributed by atoms with Crippen molar-refractivity contribution in [1.82, 2.24) is 0 Å². The van der Waals surface area contributed by atoms with Crippen LogP contribution in [0.25, 0.3) is 0 Å². The van der Waals surface area contributed by atoms with Crippen LogP contribution in [-0.4, -0.2) is 19.0 Å². The second kappa shape index (κ2) is 6.97. The van der Waals surface area contributed by atoms with E-state index in [1.165, 1.54) is 28.9 Å². The fourth-order valence-electron chi connectivity index (χ4n) is 3.60. The minimum atomic E-state index is -0.125. The van der Waals surface area contributed by atoms with Gasteiger partial charge in [0.15, 0.2) is 6.04 Å². The summed E-state index contributed by atoms with van der Waals surface area (Å²) in [6.45, 7) is 6.26. The van der Waals surface area contributed by atoms with Gasteiger partial charge in [-0.3, -0.25) is 4.79 Å². The standard InChI is InChI=1S/C20H24N2O/c1-15-12-16(2)14-18(13-15)21-20(23)19(22-10-6-7-11-22)17-8-4-3-5-9-17/h3-5,8-9,12-14,19H,6-7,10-11H2,1-2H3,(H,21,23)/p+1/t19-/m0/s1. The maximum atomic E-state index is 13.0. The monoisotopic (exact) mass is 309 g/mol. The minimum Gasteiger partial charge on any atom is -0.321 e. The summed E-state index contributed by atoms with van der Waals surface area (Å²) in [5, 5.41) is 3.14. The average Bonchev–Trinajstić information content (AvgIpc) is 3.01. The van der Waals surface area contributed by atoms with Crippen molar-refractivity contribution in [3.63, 3.8) is 0 Å². The minimum absolute atomic E-state index is 0.0955. The number of aryl methyl sites for hydroxylation is 2. The Morgan fingerprint density at radius 3 is 2.22 bits per heavy atom. The number of benzene rings is 2. The molecule has 0 saturated carbocycles. The summed E-state index contributed by atoms with van der Waals surface area (Å²) in [5.41, 5.74) is 4.34. The van der Waals surface area contributed by atoms with E-state index in [4.69, 9.17) is 0 Å². The van der Waals surface area contributed by atoms with Gasteiger partial charge in [0, 0.05) is 24.1 Å². The Labute approximate surface area is 138 Å². The Morgan fingerprint density at radius 1 is 1.00 bits per heavy atom. The van der Waals surface area contributed by atoms with E-state index in [0.29, 0.717) is 0 Å². The highest BCUT2D eigenvalue weighted by Crippen LogP contribution is 2.17. The van der Waals surface area contributed by atoms with Crippen LogP contribution in [0.4, 0.5) is 5.69 Å². The Bertz CT molecular complexity index is 655. The van der Waals surface area contributed by atoms with Crippen molar-refractivity contribution in [1.29, 1.82) is 0 Å². The highest BCUT2D eigenvalue weighted by molar-refractivity contribution is 5.94. The first-order chi connectivity index (χ1) is 11.1. The fourth-order valence-corrected chi connectivity index (χ4v) is 3.60. The molecule has 0 unspecified atom stereocenters. The van der Waals surface area contributed by atoms with Crippen LogP contribution in [0.1, 0.15) is 35.6 Å². The van der Waals surface area contributed by atoms with E-state index in [-0.39, 0.29) is 11.9 Å². The number of carbonyl (C=O) groups excluding carboxylic acids is 1. The molecule has 1 aliphatic rings. The molecule has 1 heterocycles. The summed E-state index contributed by atoms with van der Waals surface area (Å²) in [7, 11) is 0. The van der Waals surface area contributed by atoms with Crippen molar-refractivity contribution in [2.24, 2.45) is 0 Å². The third-order valence-electron chi connectivity index (χ3n) is 4.54. The fraction of sp³-hybridized carbons (Fsp3) is 0.350. The van der Waals surface area contributed by atoms with E-state index < -0.39 is 0 Å². The number of quaternary nitrogens is 1. The van der Waals surface area contributed by atoms with Gasteiger partial charge in [-0.05, 0) is 37.1 Å². The maximum Gasteiger partial charge on any atom is 0.287 e. The van der Waals surface area contributed by atoms with Gasteiger partial charge in [0.05, 0.1) is 13.1 Å². The summed E-state index contributed by atoms with van der Waals surface area (Å²) in [6, 6.07) is 16.2. The van der Waals surface area contributed by atoms with Gasteiger partial charge >= 0.3 is 0 Å². The van der Waals surface area contributed by atoms with Crippen LogP contribution in [0.2, 0.25) is 0 Å². The number of nitrogens with one attached hydrogen (secondary N) is 2. The molecule has 23 heavy (non-hydrogen) atoms. The van der Waals surface area contributed by atoms with Crippen LogP contribution < -0.4 is 10.2 Å². The van der Waals surface area contributed by atoms with Gasteiger partial charge in [0.1, 0.15) is 0 Å². The molecule has 0 aromatic heterocycles. The van der Waals surface area contributed by atoms with Crippen molar-refractivity contribution >= 4 is 11.6 Å². The summed E-state index contributed by atoms with van der Waals surface area (Å²) >= 11 is 0. The van der Waals surface area contributed by atoms with Gasteiger partial charge in [-0.25, -0.2) is 0 Å². The van der Waals surface area contributed by atoms with E-state index in [1.54, 1.807) is 0 Å². The molecule has 0 radical (unpaired) electrons. The van der Waals surface area contributed by atoms with Crippen molar-refractivity contribution in [3.05, 3.63) is 65.2 Å². The molecule has 2 aromatic carbocycles. The van der Waals surface area contributed by atoms with Gasteiger partial charge in [0.2, 0.25) is 0 Å². The maximum absolute atomic E-state index is 13.0. The van der Waals surface area contributed by atoms with Crippen molar-refractivity contribution in [3.8, 4) is 0 Å². The number of amides is 1. The van der Waals surface area contributed by atoms with E-state index in [9.17, 15) is 4.79 Å². The van der Waals surface area contributed by atoms with Crippen LogP contribution >= 0.6 is 0 Å². The molecule has 3 nitrogen and oxygen atoms in total. The molecule has 0 aliphatic carbocycles. The molecule has 0 spiro atoms. The number of anilines is 1. The highest BCUT2D eigenvalue weighted by atomic mass is 16.2. The van der Waals surface area contributed by atoms with E-state index in [0.717, 1.165) is 24.3 Å². The molecule has 2 aromatic rings. The number of hydrogen-bond acceptors (Lipinski definition) is 1. The summed E-state index contributed by atoms with van der Waals surface area (Å²) < 4.78 is 0. The molecule has 3 heteroatoms. The molecule has 120 valence electrons. The zero-order valence-electron chi connectivity index (χ0n) is 13.9. The lowest BCUT2D eigenvalue weighted by Crippen LogP contribution is -3.11. The largest absolute Gasteiger partial charge is 0.321 e. The molecule has 1 amide bonds. The predicted molar refractivity (Wildman–Crippen MR) is 93.7 cm³/mol. The number of carbonyl (C=O) groups is 1. The van der Waals surface area contributed by atoms with Crippen LogP contribution in [-0.2, 0) is 4.79 Å². The van der Waals surface area contributed by atoms with Crippen molar-refractivity contribution in [2.75, 3.05) is 18.4 Å². The van der Waals surface area contributed by atoms with Crippen molar-refractivity contribution < 1.29 is 9.69 Å². The predicted octanol–water partition coefficient (Wildman–Crippen LogP) is 2.66. The second-order valence-corrected chi connectivity index (χ2v) is 6.57. The van der Waals surface area contributed by atoms with Crippen LogP contribution in [0.3, 0.4) is 0 Å². The van der Waals surface area contributed by atoms with Gasteiger partial charge in [0.25, 0.3) is 5.91 Å². The first-order valence-electron chi connectivity index (χ1n) is 8.42. The molecule has 0 bridgehead atoms. The second-order valence-electron chi connectivity index (χ2n) is 6.57. The highest BCUT2D eigenvalue weighted by Gasteiger charge is 2.33. The van der Waals surface area contributed by atoms with E-state index in [1.807, 2.05) is 30.3 Å². The molecular formula is C20H25N2O+. The number of hydrogen-bond donors (Lipinski definition) is 2. The molecule has 1 saturated heterocycles. The third-order valence-corrected chi connectivity index (χ3v) is 4.54. The lowest BCUT2D eigenvalue weighted by Gasteiger charge is -2.24. The molecule has 1 atom stereocenters. The SMILES string of the molecule is Cc1cc(C)cc(NC(=O)[C@H](c2ccccc2)[NH+]2CCCC2)c1. The lowest BCUT2D eigenvalue weighted by molar-refractivity contribution is -0.909. The Hall–Kier alpha value is -2.13. The van der Waals surface area contributed by atoms with E-state index in [2.05, 4.69) is 37.4 Å². The topological polar surface area (TPSA) is 33.5 Å². The van der Waals surface area contributed by atoms with Crippen LogP contribution in [0, 0.1) is 13.8 Å².